The molecular formula is C20H18N4O. The molecule has 25 heavy (non-hydrogen) atoms. The minimum atomic E-state index is -0.726. The van der Waals surface area contributed by atoms with Gasteiger partial charge in [-0.2, -0.15) is 10.4 Å². The van der Waals surface area contributed by atoms with Crippen molar-refractivity contribution in [1.29, 1.82) is 5.26 Å². The van der Waals surface area contributed by atoms with E-state index in [2.05, 4.69) is 16.5 Å². The Bertz CT molecular complexity index is 891. The van der Waals surface area contributed by atoms with E-state index in [0.717, 1.165) is 16.8 Å². The lowest BCUT2D eigenvalue weighted by molar-refractivity contribution is -0.120. The smallest absolute Gasteiger partial charge is 0.225 e. The number of hydrogen-bond acceptors (Lipinski definition) is 3. The monoisotopic (exact) mass is 330 g/mol. The molecule has 5 heteroatoms. The molecule has 1 amide bonds. The summed E-state index contributed by atoms with van der Waals surface area (Å²) in [5.74, 6) is -0.192. The third-order valence-electron chi connectivity index (χ3n) is 3.88. The highest BCUT2D eigenvalue weighted by Crippen LogP contribution is 2.15. The number of carbonyl (C=O) groups excluding carboxylic acids is 1. The van der Waals surface area contributed by atoms with Crippen molar-refractivity contribution in [2.45, 2.75) is 19.4 Å². The lowest BCUT2D eigenvalue weighted by atomic mass is 10.1. The number of rotatable bonds is 5. The van der Waals surface area contributed by atoms with Crippen LogP contribution in [0.15, 0.2) is 67.0 Å². The minimum Gasteiger partial charge on any atom is -0.336 e. The Morgan fingerprint density at radius 3 is 2.60 bits per heavy atom. The van der Waals surface area contributed by atoms with Crippen molar-refractivity contribution in [3.8, 4) is 11.8 Å². The maximum atomic E-state index is 12.2. The summed E-state index contributed by atoms with van der Waals surface area (Å²) in [6.45, 7) is 2.00. The van der Waals surface area contributed by atoms with Crippen LogP contribution in [-0.2, 0) is 11.2 Å². The predicted molar refractivity (Wildman–Crippen MR) is 94.9 cm³/mol. The van der Waals surface area contributed by atoms with Crippen molar-refractivity contribution in [2.75, 3.05) is 0 Å². The molecule has 0 aliphatic carbocycles. The number of nitriles is 1. The molecule has 1 atom stereocenters. The van der Waals surface area contributed by atoms with Crippen LogP contribution in [0.5, 0.6) is 0 Å². The molecule has 0 saturated carbocycles. The summed E-state index contributed by atoms with van der Waals surface area (Å²) in [5, 5.41) is 16.4. The molecule has 5 nitrogen and oxygen atoms in total. The van der Waals surface area contributed by atoms with Crippen molar-refractivity contribution < 1.29 is 4.79 Å². The van der Waals surface area contributed by atoms with E-state index in [1.54, 1.807) is 17.1 Å². The van der Waals surface area contributed by atoms with Crippen molar-refractivity contribution in [3.05, 3.63) is 83.7 Å². The van der Waals surface area contributed by atoms with Gasteiger partial charge in [0.15, 0.2) is 0 Å². The minimum absolute atomic E-state index is 0.192. The second-order valence-electron chi connectivity index (χ2n) is 5.85. The second-order valence-corrected chi connectivity index (χ2v) is 5.85. The molecule has 1 aromatic heterocycles. The molecular weight excluding hydrogens is 312 g/mol. The highest BCUT2D eigenvalue weighted by atomic mass is 16.1. The first kappa shape index (κ1) is 16.5. The zero-order valence-corrected chi connectivity index (χ0v) is 13.9. The van der Waals surface area contributed by atoms with Crippen LogP contribution in [0.1, 0.15) is 22.7 Å². The van der Waals surface area contributed by atoms with Crippen LogP contribution in [-0.4, -0.2) is 15.7 Å². The summed E-state index contributed by atoms with van der Waals surface area (Å²) in [6.07, 6.45) is 3.60. The highest BCUT2D eigenvalue weighted by Gasteiger charge is 2.16. The Balaban J connectivity index is 1.68. The van der Waals surface area contributed by atoms with E-state index in [1.165, 1.54) is 0 Å². The van der Waals surface area contributed by atoms with Crippen LogP contribution in [0, 0.1) is 18.3 Å². The molecule has 3 aromatic rings. The fourth-order valence-electron chi connectivity index (χ4n) is 2.50. The van der Waals surface area contributed by atoms with Crippen molar-refractivity contribution in [1.82, 2.24) is 15.1 Å². The maximum absolute atomic E-state index is 12.2. The number of aromatic nitrogens is 2. The van der Waals surface area contributed by atoms with E-state index < -0.39 is 6.04 Å². The zero-order chi connectivity index (χ0) is 17.6. The SMILES string of the molecule is Cc1ccc(CC(=O)N[C@H](C#N)c2cnn(-c3ccccc3)c2)cc1. The van der Waals surface area contributed by atoms with Gasteiger partial charge < -0.3 is 5.32 Å². The Hall–Kier alpha value is -3.39. The molecule has 124 valence electrons. The number of para-hydroxylation sites is 1. The third-order valence-corrected chi connectivity index (χ3v) is 3.88. The summed E-state index contributed by atoms with van der Waals surface area (Å²) < 4.78 is 1.69. The zero-order valence-electron chi connectivity index (χ0n) is 13.9. The van der Waals surface area contributed by atoms with Crippen LogP contribution in [0.4, 0.5) is 0 Å². The molecule has 3 rings (SSSR count). The summed E-state index contributed by atoms with van der Waals surface area (Å²) in [5.41, 5.74) is 3.62. The lowest BCUT2D eigenvalue weighted by Gasteiger charge is -2.10. The Kier molecular flexibility index (Phi) is 4.91. The molecule has 0 unspecified atom stereocenters. The standard InChI is InChI=1S/C20H18N4O/c1-15-7-9-16(10-8-15)11-20(25)23-19(12-21)17-13-22-24(14-17)18-5-3-2-4-6-18/h2-10,13-14,19H,11H2,1H3,(H,23,25)/t19-/m1/s1. The van der Waals surface area contributed by atoms with Crippen LogP contribution in [0.3, 0.4) is 0 Å². The maximum Gasteiger partial charge on any atom is 0.225 e. The lowest BCUT2D eigenvalue weighted by Crippen LogP contribution is -2.28. The molecule has 2 aromatic carbocycles. The summed E-state index contributed by atoms with van der Waals surface area (Å²) >= 11 is 0. The van der Waals surface area contributed by atoms with E-state index in [0.29, 0.717) is 5.56 Å². The molecule has 0 bridgehead atoms. The predicted octanol–water partition coefficient (Wildman–Crippen LogP) is 3.10. The van der Waals surface area contributed by atoms with Gasteiger partial charge in [-0.15, -0.1) is 0 Å². The van der Waals surface area contributed by atoms with Gasteiger partial charge in [0, 0.05) is 11.8 Å². The fourth-order valence-corrected chi connectivity index (χ4v) is 2.50. The molecule has 1 heterocycles. The number of nitrogens with one attached hydrogen (secondary N) is 1. The average Bonchev–Trinajstić information content (AvgIpc) is 3.12. The molecule has 0 aliphatic rings. The average molecular weight is 330 g/mol. The number of carbonyl (C=O) groups is 1. The first-order valence-electron chi connectivity index (χ1n) is 8.00. The topological polar surface area (TPSA) is 70.7 Å². The van der Waals surface area contributed by atoms with Crippen LogP contribution in [0.25, 0.3) is 5.69 Å². The summed E-state index contributed by atoms with van der Waals surface area (Å²) in [6, 6.07) is 18.8. The molecule has 1 N–H and O–H groups in total. The van der Waals surface area contributed by atoms with E-state index in [9.17, 15) is 10.1 Å². The van der Waals surface area contributed by atoms with E-state index >= 15 is 0 Å². The first-order valence-corrected chi connectivity index (χ1v) is 8.00. The Morgan fingerprint density at radius 1 is 1.20 bits per heavy atom. The number of aryl methyl sites for hydroxylation is 1. The van der Waals surface area contributed by atoms with Crippen molar-refractivity contribution in [3.63, 3.8) is 0 Å². The summed E-state index contributed by atoms with van der Waals surface area (Å²) in [7, 11) is 0. The van der Waals surface area contributed by atoms with Crippen LogP contribution < -0.4 is 5.32 Å². The first-order chi connectivity index (χ1) is 12.2. The second kappa shape index (κ2) is 7.45. The third kappa shape index (κ3) is 4.12. The Labute approximate surface area is 146 Å². The van der Waals surface area contributed by atoms with Gasteiger partial charge in [0.25, 0.3) is 0 Å². The number of amides is 1. The fraction of sp³-hybridized carbons (Fsp3) is 0.150. The molecule has 0 spiro atoms. The van der Waals surface area contributed by atoms with E-state index in [-0.39, 0.29) is 12.3 Å². The van der Waals surface area contributed by atoms with Crippen molar-refractivity contribution >= 4 is 5.91 Å². The summed E-state index contributed by atoms with van der Waals surface area (Å²) in [4.78, 5) is 12.2. The van der Waals surface area contributed by atoms with Gasteiger partial charge in [0.05, 0.1) is 24.4 Å². The van der Waals surface area contributed by atoms with Crippen LogP contribution >= 0.6 is 0 Å². The molecule has 0 saturated heterocycles. The van der Waals surface area contributed by atoms with Gasteiger partial charge in [0.1, 0.15) is 6.04 Å². The molecule has 0 radical (unpaired) electrons. The van der Waals surface area contributed by atoms with Gasteiger partial charge >= 0.3 is 0 Å². The Morgan fingerprint density at radius 2 is 1.92 bits per heavy atom. The van der Waals surface area contributed by atoms with Gasteiger partial charge in [-0.3, -0.25) is 4.79 Å². The quantitative estimate of drug-likeness (QED) is 0.781. The van der Waals surface area contributed by atoms with Gasteiger partial charge in [0.2, 0.25) is 5.91 Å². The van der Waals surface area contributed by atoms with E-state index in [4.69, 9.17) is 0 Å². The van der Waals surface area contributed by atoms with Crippen molar-refractivity contribution in [2.24, 2.45) is 0 Å². The van der Waals surface area contributed by atoms with E-state index in [1.807, 2.05) is 61.5 Å². The van der Waals surface area contributed by atoms with Gasteiger partial charge in [-0.1, -0.05) is 48.0 Å². The molecule has 0 aliphatic heterocycles. The van der Waals surface area contributed by atoms with Gasteiger partial charge in [-0.05, 0) is 24.6 Å². The normalized spacial score (nSPS) is 11.5. The molecule has 0 fully saturated rings. The number of benzene rings is 2. The van der Waals surface area contributed by atoms with Gasteiger partial charge in [-0.25, -0.2) is 4.68 Å². The number of hydrogen-bond donors (Lipinski definition) is 1. The highest BCUT2D eigenvalue weighted by molar-refractivity contribution is 5.79. The largest absolute Gasteiger partial charge is 0.336 e. The van der Waals surface area contributed by atoms with Crippen LogP contribution in [0.2, 0.25) is 0 Å². The number of nitrogens with zero attached hydrogens (tertiary/aromatic N) is 3.